The van der Waals surface area contributed by atoms with Gasteiger partial charge in [-0.25, -0.2) is 8.42 Å². The zero-order valence-corrected chi connectivity index (χ0v) is 32.8. The van der Waals surface area contributed by atoms with Gasteiger partial charge in [0, 0.05) is 78.9 Å². The maximum atomic E-state index is 13.9. The molecule has 2 fully saturated rings. The summed E-state index contributed by atoms with van der Waals surface area (Å²) in [6.07, 6.45) is 4.16. The molecule has 14 nitrogen and oxygen atoms in total. The number of carbonyl (C=O) groups is 3. The Bertz CT molecular complexity index is 2530. The molecule has 1 spiro atoms. The Labute approximate surface area is 335 Å². The molecule has 3 amide bonds. The van der Waals surface area contributed by atoms with Crippen molar-refractivity contribution in [3.05, 3.63) is 100 Å². The number of ether oxygens (including phenoxy) is 2. The molecule has 302 valence electrons. The SMILES string of the molecule is CN1C(=O)C2(OCCCO2)c2cc(S(=O)(=O)N3CCC[C@H]3CNC(=O)CCCCCNC(=O)c3ccc(-c4c5ccc(=O)cc-5oc5cc(O)ccc45)cc3)ccc21. The van der Waals surface area contributed by atoms with Gasteiger partial charge in [0.2, 0.25) is 15.9 Å². The van der Waals surface area contributed by atoms with Crippen molar-refractivity contribution in [1.29, 1.82) is 0 Å². The smallest absolute Gasteiger partial charge is 0.292 e. The van der Waals surface area contributed by atoms with Crippen molar-refractivity contribution in [3.63, 3.8) is 0 Å². The van der Waals surface area contributed by atoms with E-state index in [-0.39, 0.29) is 46.8 Å². The third-order valence-electron chi connectivity index (χ3n) is 11.1. The molecule has 0 bridgehead atoms. The van der Waals surface area contributed by atoms with E-state index in [2.05, 4.69) is 10.6 Å². The number of nitrogens with one attached hydrogen (secondary N) is 2. The summed E-state index contributed by atoms with van der Waals surface area (Å²) < 4.78 is 46.8. The third-order valence-corrected chi connectivity index (χ3v) is 13.1. The van der Waals surface area contributed by atoms with Crippen molar-refractivity contribution >= 4 is 44.4 Å². The van der Waals surface area contributed by atoms with Crippen LogP contribution in [0, 0.1) is 0 Å². The molecular weight excluding hydrogens is 765 g/mol. The topological polar surface area (TPSA) is 185 Å². The molecule has 0 radical (unpaired) electrons. The van der Waals surface area contributed by atoms with E-state index < -0.39 is 21.9 Å². The van der Waals surface area contributed by atoms with E-state index in [4.69, 9.17) is 13.9 Å². The molecule has 1 atom stereocenters. The van der Waals surface area contributed by atoms with E-state index in [0.29, 0.717) is 93.0 Å². The van der Waals surface area contributed by atoms with Crippen molar-refractivity contribution in [2.75, 3.05) is 44.8 Å². The van der Waals surface area contributed by atoms with Gasteiger partial charge in [0.1, 0.15) is 17.1 Å². The fourth-order valence-corrected chi connectivity index (χ4v) is 9.84. The van der Waals surface area contributed by atoms with E-state index in [0.717, 1.165) is 22.1 Å². The number of likely N-dealkylation sites (N-methyl/N-ethyl adjacent to an activating group) is 1. The monoisotopic (exact) mass is 808 g/mol. The summed E-state index contributed by atoms with van der Waals surface area (Å²) in [7, 11) is -2.34. The lowest BCUT2D eigenvalue weighted by atomic mass is 9.93. The lowest BCUT2D eigenvalue weighted by Gasteiger charge is -2.32. The van der Waals surface area contributed by atoms with E-state index in [9.17, 15) is 32.7 Å². The lowest BCUT2D eigenvalue weighted by molar-refractivity contribution is -0.256. The Morgan fingerprint density at radius 2 is 1.69 bits per heavy atom. The fraction of sp³-hybridized carbons (Fsp3) is 0.349. The second-order valence-corrected chi connectivity index (χ2v) is 16.8. The van der Waals surface area contributed by atoms with Crippen LogP contribution in [0.4, 0.5) is 5.69 Å². The van der Waals surface area contributed by atoms with Crippen LogP contribution in [0.5, 0.6) is 5.75 Å². The highest BCUT2D eigenvalue weighted by Gasteiger charge is 2.54. The van der Waals surface area contributed by atoms with E-state index in [1.54, 1.807) is 43.4 Å². The van der Waals surface area contributed by atoms with Crippen LogP contribution in [-0.2, 0) is 34.9 Å². The van der Waals surface area contributed by atoms with Crippen molar-refractivity contribution < 1.29 is 41.8 Å². The predicted molar refractivity (Wildman–Crippen MR) is 215 cm³/mol. The normalized spacial score (nSPS) is 17.9. The molecule has 58 heavy (non-hydrogen) atoms. The molecule has 5 aliphatic rings. The highest BCUT2D eigenvalue weighted by Crippen LogP contribution is 2.46. The average molecular weight is 809 g/mol. The number of phenols is 1. The van der Waals surface area contributed by atoms with Gasteiger partial charge in [-0.15, -0.1) is 0 Å². The predicted octanol–water partition coefficient (Wildman–Crippen LogP) is 5.10. The Hall–Kier alpha value is -5.61. The molecule has 4 heterocycles. The largest absolute Gasteiger partial charge is 0.508 e. The van der Waals surface area contributed by atoms with Crippen LogP contribution in [0.3, 0.4) is 0 Å². The van der Waals surface area contributed by atoms with E-state index in [1.807, 2.05) is 12.1 Å². The molecule has 3 aromatic carbocycles. The molecule has 15 heteroatoms. The summed E-state index contributed by atoms with van der Waals surface area (Å²) in [5.41, 5.74) is 4.01. The number of carbonyl (C=O) groups excluding carboxylic acids is 3. The van der Waals surface area contributed by atoms with Crippen molar-refractivity contribution in [2.24, 2.45) is 0 Å². The zero-order valence-electron chi connectivity index (χ0n) is 32.0. The molecule has 8 rings (SSSR count). The van der Waals surface area contributed by atoms with Gasteiger partial charge in [-0.1, -0.05) is 18.6 Å². The lowest BCUT2D eigenvalue weighted by Crippen LogP contribution is -2.46. The molecule has 3 aromatic rings. The molecule has 3 N–H and O–H groups in total. The van der Waals surface area contributed by atoms with Gasteiger partial charge in [0.05, 0.1) is 23.8 Å². The first-order valence-electron chi connectivity index (χ1n) is 19.5. The Morgan fingerprint density at radius 3 is 2.48 bits per heavy atom. The molecule has 0 saturated carbocycles. The first-order chi connectivity index (χ1) is 28.0. The summed E-state index contributed by atoms with van der Waals surface area (Å²) in [6, 6.07) is 20.8. The van der Waals surface area contributed by atoms with Gasteiger partial charge in [-0.3, -0.25) is 19.2 Å². The molecule has 2 saturated heterocycles. The first kappa shape index (κ1) is 39.2. The number of fused-ring (bicyclic) bond motifs is 4. The minimum Gasteiger partial charge on any atom is -0.508 e. The van der Waals surface area contributed by atoms with Crippen molar-refractivity contribution in [1.82, 2.24) is 14.9 Å². The Balaban J connectivity index is 0.802. The molecule has 4 aliphatic heterocycles. The summed E-state index contributed by atoms with van der Waals surface area (Å²) in [6.45, 7) is 1.58. The number of nitrogens with zero attached hydrogens (tertiary/aromatic N) is 2. The number of aromatic hydroxyl groups is 1. The number of hydrogen-bond acceptors (Lipinski definition) is 10. The Morgan fingerprint density at radius 1 is 0.897 bits per heavy atom. The van der Waals surface area contributed by atoms with Crippen molar-refractivity contribution in [2.45, 2.75) is 61.7 Å². The standard InChI is InChI=1S/C43H44N4O10S/c1-46-36-18-15-32(25-35(36)43(42(46)52)55-21-6-22-56-43)58(53,54)47-20-5-7-29(47)26-45-39(50)8-3-2-4-19-44-41(51)28-11-9-27(10-12-28)40-33-16-13-30(48)23-37(33)57-38-24-31(49)14-17-34(38)40/h9-18,23-25,29,48H,2-8,19-22,26H2,1H3,(H,44,51)(H,45,50)/t29-/m0/s1. The molecule has 0 unspecified atom stereocenters. The minimum atomic E-state index is -3.95. The fourth-order valence-electron chi connectivity index (χ4n) is 8.12. The van der Waals surface area contributed by atoms with Crippen LogP contribution in [0.2, 0.25) is 0 Å². The number of amides is 3. The van der Waals surface area contributed by atoms with Crippen LogP contribution in [-0.4, -0.2) is 81.5 Å². The van der Waals surface area contributed by atoms with Gasteiger partial charge in [-0.05, 0) is 92.3 Å². The van der Waals surface area contributed by atoms with Gasteiger partial charge < -0.3 is 34.5 Å². The summed E-state index contributed by atoms with van der Waals surface area (Å²) >= 11 is 0. The maximum absolute atomic E-state index is 13.9. The minimum absolute atomic E-state index is 0.0406. The number of anilines is 1. The van der Waals surface area contributed by atoms with Gasteiger partial charge in [0.25, 0.3) is 17.6 Å². The number of sulfonamides is 1. The van der Waals surface area contributed by atoms with Gasteiger partial charge >= 0.3 is 0 Å². The zero-order chi connectivity index (χ0) is 40.6. The second kappa shape index (κ2) is 16.0. The van der Waals surface area contributed by atoms with Crippen molar-refractivity contribution in [3.8, 4) is 28.2 Å². The van der Waals surface area contributed by atoms with Crippen LogP contribution >= 0.6 is 0 Å². The highest BCUT2D eigenvalue weighted by molar-refractivity contribution is 7.89. The summed E-state index contributed by atoms with van der Waals surface area (Å²) in [4.78, 5) is 52.4. The highest BCUT2D eigenvalue weighted by atomic mass is 32.2. The number of phenolic OH excluding ortho intramolecular Hbond substituents is 1. The third kappa shape index (κ3) is 7.34. The van der Waals surface area contributed by atoms with Gasteiger partial charge in [-0.2, -0.15) is 4.31 Å². The van der Waals surface area contributed by atoms with Gasteiger partial charge in [0.15, 0.2) is 5.43 Å². The number of hydrogen-bond donors (Lipinski definition) is 3. The van der Waals surface area contributed by atoms with E-state index in [1.165, 1.54) is 39.5 Å². The quantitative estimate of drug-likeness (QED) is 0.113. The van der Waals surface area contributed by atoms with Crippen LogP contribution in [0.15, 0.2) is 93.0 Å². The maximum Gasteiger partial charge on any atom is 0.292 e. The first-order valence-corrected chi connectivity index (χ1v) is 21.0. The average Bonchev–Trinajstić information content (AvgIpc) is 3.79. The van der Waals surface area contributed by atoms with Crippen LogP contribution in [0.1, 0.15) is 60.9 Å². The van der Waals surface area contributed by atoms with Crippen LogP contribution in [0.25, 0.3) is 33.4 Å². The molecule has 1 aliphatic carbocycles. The molecular formula is C43H44N4O10S. The number of rotatable bonds is 12. The second-order valence-electron chi connectivity index (χ2n) is 14.9. The number of benzene rings is 4. The summed E-state index contributed by atoms with van der Waals surface area (Å²) in [5, 5.41) is 16.6. The van der Waals surface area contributed by atoms with E-state index >= 15 is 0 Å². The summed E-state index contributed by atoms with van der Waals surface area (Å²) in [5.74, 6) is -1.99. The Kier molecular flexibility index (Phi) is 10.8. The molecule has 0 aromatic heterocycles. The van der Waals surface area contributed by atoms with Crippen LogP contribution < -0.4 is 21.0 Å². The number of unbranched alkanes of at least 4 members (excludes halogenated alkanes) is 2.